The molecule has 1 aromatic carbocycles. The summed E-state index contributed by atoms with van der Waals surface area (Å²) in [6, 6.07) is 6.60. The molecule has 0 fully saturated rings. The van der Waals surface area contributed by atoms with Crippen LogP contribution in [0.5, 0.6) is 0 Å². The zero-order chi connectivity index (χ0) is 10.9. The first-order chi connectivity index (χ1) is 6.32. The molecular weight excluding hydrogens is 170 g/mol. The first-order valence-corrected chi connectivity index (χ1v) is 5.15. The molecule has 0 aliphatic carbocycles. The molecule has 2 N–H and O–H groups in total. The molecule has 14 heavy (non-hydrogen) atoms. The lowest BCUT2D eigenvalue weighted by Gasteiger charge is -2.28. The molecule has 1 nitrogen and oxygen atoms in total. The van der Waals surface area contributed by atoms with Crippen molar-refractivity contribution in [3.63, 3.8) is 0 Å². The van der Waals surface area contributed by atoms with Crippen molar-refractivity contribution < 1.29 is 0 Å². The molecule has 0 amide bonds. The van der Waals surface area contributed by atoms with Gasteiger partial charge in [-0.15, -0.1) is 0 Å². The van der Waals surface area contributed by atoms with Gasteiger partial charge in [0.1, 0.15) is 0 Å². The Balaban J connectivity index is 3.12. The van der Waals surface area contributed by atoms with Gasteiger partial charge in [0.05, 0.1) is 0 Å². The predicted molar refractivity (Wildman–Crippen MR) is 62.3 cm³/mol. The third-order valence-electron chi connectivity index (χ3n) is 2.70. The lowest BCUT2D eigenvalue weighted by Crippen LogP contribution is -2.27. The number of benzene rings is 1. The Labute approximate surface area is 87.3 Å². The average molecular weight is 191 g/mol. The molecule has 0 aliphatic rings. The summed E-state index contributed by atoms with van der Waals surface area (Å²) in [6.07, 6.45) is 0. The van der Waals surface area contributed by atoms with Crippen molar-refractivity contribution in [1.29, 1.82) is 0 Å². The summed E-state index contributed by atoms with van der Waals surface area (Å²) in [5.74, 6) is 0. The van der Waals surface area contributed by atoms with E-state index >= 15 is 0 Å². The van der Waals surface area contributed by atoms with Gasteiger partial charge in [-0.2, -0.15) is 0 Å². The summed E-state index contributed by atoms with van der Waals surface area (Å²) in [6.45, 7) is 10.8. The predicted octanol–water partition coefficient (Wildman–Crippen LogP) is 3.35. The smallest absolute Gasteiger partial charge is 0.0346 e. The van der Waals surface area contributed by atoms with Crippen molar-refractivity contribution in [2.45, 2.75) is 40.7 Å². The summed E-state index contributed by atoms with van der Waals surface area (Å²) in [7, 11) is 0. The molecular formula is C13H21N. The quantitative estimate of drug-likeness (QED) is 0.723. The fourth-order valence-corrected chi connectivity index (χ4v) is 1.56. The van der Waals surface area contributed by atoms with Crippen LogP contribution in [0.2, 0.25) is 0 Å². The number of hydrogen-bond donors (Lipinski definition) is 1. The minimum Gasteiger partial charge on any atom is -0.324 e. The van der Waals surface area contributed by atoms with E-state index in [-0.39, 0.29) is 11.5 Å². The molecule has 0 radical (unpaired) electrons. The molecule has 0 saturated carbocycles. The Hall–Kier alpha value is -0.820. The second kappa shape index (κ2) is 3.74. The van der Waals surface area contributed by atoms with Gasteiger partial charge in [-0.1, -0.05) is 44.5 Å². The van der Waals surface area contributed by atoms with Crippen LogP contribution in [0.25, 0.3) is 0 Å². The Bertz CT molecular complexity index is 320. The molecule has 1 aromatic rings. The summed E-state index contributed by atoms with van der Waals surface area (Å²) < 4.78 is 0. The van der Waals surface area contributed by atoms with Crippen LogP contribution in [0.15, 0.2) is 18.2 Å². The van der Waals surface area contributed by atoms with Gasteiger partial charge < -0.3 is 5.73 Å². The van der Waals surface area contributed by atoms with Gasteiger partial charge in [0.2, 0.25) is 0 Å². The maximum Gasteiger partial charge on any atom is 0.0346 e. The van der Waals surface area contributed by atoms with E-state index in [1.54, 1.807) is 0 Å². The SMILES string of the molecule is Cc1ccc(C)c([C@H](N)C(C)(C)C)c1. The fourth-order valence-electron chi connectivity index (χ4n) is 1.56. The van der Waals surface area contributed by atoms with Gasteiger partial charge in [-0.3, -0.25) is 0 Å². The largest absolute Gasteiger partial charge is 0.324 e. The summed E-state index contributed by atoms with van der Waals surface area (Å²) in [4.78, 5) is 0. The normalized spacial score (nSPS) is 14.1. The lowest BCUT2D eigenvalue weighted by atomic mass is 9.81. The topological polar surface area (TPSA) is 26.0 Å². The number of rotatable bonds is 1. The molecule has 1 rings (SSSR count). The van der Waals surface area contributed by atoms with Gasteiger partial charge in [0.15, 0.2) is 0 Å². The van der Waals surface area contributed by atoms with Gasteiger partial charge in [-0.05, 0) is 30.4 Å². The van der Waals surface area contributed by atoms with Crippen molar-refractivity contribution in [3.05, 3.63) is 34.9 Å². The van der Waals surface area contributed by atoms with Crippen molar-refractivity contribution >= 4 is 0 Å². The van der Waals surface area contributed by atoms with Gasteiger partial charge in [-0.25, -0.2) is 0 Å². The summed E-state index contributed by atoms with van der Waals surface area (Å²) >= 11 is 0. The minimum atomic E-state index is 0.113. The fraction of sp³-hybridized carbons (Fsp3) is 0.538. The molecule has 1 atom stereocenters. The van der Waals surface area contributed by atoms with Crippen molar-refractivity contribution in [1.82, 2.24) is 0 Å². The third-order valence-corrected chi connectivity index (χ3v) is 2.70. The maximum atomic E-state index is 6.24. The Kier molecular flexibility index (Phi) is 3.01. The molecule has 1 heteroatoms. The van der Waals surface area contributed by atoms with E-state index in [9.17, 15) is 0 Å². The highest BCUT2D eigenvalue weighted by Crippen LogP contribution is 2.32. The van der Waals surface area contributed by atoms with E-state index in [2.05, 4.69) is 52.8 Å². The van der Waals surface area contributed by atoms with Crippen molar-refractivity contribution in [2.75, 3.05) is 0 Å². The molecule has 0 saturated heterocycles. The molecule has 78 valence electrons. The number of hydrogen-bond acceptors (Lipinski definition) is 1. The van der Waals surface area contributed by atoms with E-state index in [0.717, 1.165) is 0 Å². The van der Waals surface area contributed by atoms with Crippen LogP contribution in [-0.4, -0.2) is 0 Å². The van der Waals surface area contributed by atoms with E-state index < -0.39 is 0 Å². The molecule has 0 unspecified atom stereocenters. The van der Waals surface area contributed by atoms with Gasteiger partial charge >= 0.3 is 0 Å². The maximum absolute atomic E-state index is 6.24. The standard InChI is InChI=1S/C13H21N/c1-9-6-7-10(2)11(8-9)12(14)13(3,4)5/h6-8,12H,14H2,1-5H3/t12-/m0/s1. The van der Waals surface area contributed by atoms with Gasteiger partial charge in [0.25, 0.3) is 0 Å². The summed E-state index contributed by atoms with van der Waals surface area (Å²) in [5, 5.41) is 0. The highest BCUT2D eigenvalue weighted by atomic mass is 14.7. The third kappa shape index (κ3) is 2.36. The first kappa shape index (κ1) is 11.3. The Morgan fingerprint density at radius 1 is 1.14 bits per heavy atom. The molecule has 0 aliphatic heterocycles. The van der Waals surface area contributed by atoms with E-state index in [1.165, 1.54) is 16.7 Å². The zero-order valence-corrected chi connectivity index (χ0v) is 9.89. The highest BCUT2D eigenvalue weighted by Gasteiger charge is 2.23. The van der Waals surface area contributed by atoms with Crippen LogP contribution in [0.1, 0.15) is 43.5 Å². The van der Waals surface area contributed by atoms with Crippen LogP contribution in [-0.2, 0) is 0 Å². The molecule has 0 bridgehead atoms. The lowest BCUT2D eigenvalue weighted by molar-refractivity contribution is 0.326. The van der Waals surface area contributed by atoms with Crippen LogP contribution in [0.3, 0.4) is 0 Å². The van der Waals surface area contributed by atoms with Crippen LogP contribution in [0.4, 0.5) is 0 Å². The Morgan fingerprint density at radius 2 is 1.71 bits per heavy atom. The highest BCUT2D eigenvalue weighted by molar-refractivity contribution is 5.33. The van der Waals surface area contributed by atoms with Gasteiger partial charge in [0, 0.05) is 6.04 Å². The molecule has 0 spiro atoms. The van der Waals surface area contributed by atoms with E-state index in [0.29, 0.717) is 0 Å². The monoisotopic (exact) mass is 191 g/mol. The first-order valence-electron chi connectivity index (χ1n) is 5.15. The second-order valence-electron chi connectivity index (χ2n) is 5.20. The summed E-state index contributed by atoms with van der Waals surface area (Å²) in [5.41, 5.74) is 10.2. The second-order valence-corrected chi connectivity index (χ2v) is 5.20. The Morgan fingerprint density at radius 3 is 2.21 bits per heavy atom. The van der Waals surface area contributed by atoms with Crippen molar-refractivity contribution in [2.24, 2.45) is 11.1 Å². The van der Waals surface area contributed by atoms with E-state index in [1.807, 2.05) is 0 Å². The average Bonchev–Trinajstić information content (AvgIpc) is 2.06. The van der Waals surface area contributed by atoms with E-state index in [4.69, 9.17) is 5.73 Å². The zero-order valence-electron chi connectivity index (χ0n) is 9.89. The molecule has 0 aromatic heterocycles. The number of aryl methyl sites for hydroxylation is 2. The molecule has 0 heterocycles. The number of nitrogens with two attached hydrogens (primary N) is 1. The van der Waals surface area contributed by atoms with Crippen LogP contribution in [0, 0.1) is 19.3 Å². The minimum absolute atomic E-state index is 0.113. The van der Waals surface area contributed by atoms with Crippen LogP contribution >= 0.6 is 0 Å². The van der Waals surface area contributed by atoms with Crippen LogP contribution < -0.4 is 5.73 Å². The van der Waals surface area contributed by atoms with Crippen molar-refractivity contribution in [3.8, 4) is 0 Å².